The fourth-order valence-electron chi connectivity index (χ4n) is 2.14. The average Bonchev–Trinajstić information content (AvgIpc) is 2.83. The number of allylic oxidation sites excluding steroid dienone is 2. The van der Waals surface area contributed by atoms with Gasteiger partial charge in [0.1, 0.15) is 0 Å². The second-order valence-electron chi connectivity index (χ2n) is 4.79. The second kappa shape index (κ2) is 6.98. The molecule has 1 saturated heterocycles. The molecule has 3 nitrogen and oxygen atoms in total. The zero-order valence-electron chi connectivity index (χ0n) is 12.0. The molecule has 2 aromatic carbocycles. The number of nitrogens with zero attached hydrogens (tertiary/aromatic N) is 1. The molecular weight excluding hydrogens is 374 g/mol. The van der Waals surface area contributed by atoms with E-state index in [4.69, 9.17) is 0 Å². The van der Waals surface area contributed by atoms with Gasteiger partial charge in [0, 0.05) is 4.48 Å². The minimum Gasteiger partial charge on any atom is -0.268 e. The molecule has 1 heterocycles. The molecular formula is C18H12BrNO2S. The second-order valence-corrected chi connectivity index (χ2v) is 6.70. The minimum atomic E-state index is -0.301. The van der Waals surface area contributed by atoms with Crippen LogP contribution in [0.25, 0.3) is 6.08 Å². The Morgan fingerprint density at radius 3 is 2.22 bits per heavy atom. The summed E-state index contributed by atoms with van der Waals surface area (Å²) in [6, 6.07) is 18.7. The Kier molecular flexibility index (Phi) is 4.79. The fourth-order valence-corrected chi connectivity index (χ4v) is 3.62. The number of carbonyl (C=O) groups is 2. The summed E-state index contributed by atoms with van der Waals surface area (Å²) in [5, 5.41) is -0.285. The molecule has 0 spiro atoms. The molecule has 1 fully saturated rings. The summed E-state index contributed by atoms with van der Waals surface area (Å²) in [4.78, 5) is 26.2. The van der Waals surface area contributed by atoms with Gasteiger partial charge < -0.3 is 0 Å². The standard InChI is InChI=1S/C18H12BrNO2S/c19-14(11-13-7-3-1-4-8-13)12-16-17(21)20(18(22)23-16)15-9-5-2-6-10-15/h1-12H/b14-11+,16-12+. The molecule has 2 aromatic rings. The lowest BCUT2D eigenvalue weighted by molar-refractivity contribution is -0.113. The molecule has 0 bridgehead atoms. The van der Waals surface area contributed by atoms with E-state index in [-0.39, 0.29) is 11.1 Å². The quantitative estimate of drug-likeness (QED) is 0.680. The number of benzene rings is 2. The molecule has 0 aliphatic carbocycles. The maximum absolute atomic E-state index is 12.5. The number of hydrogen-bond acceptors (Lipinski definition) is 3. The van der Waals surface area contributed by atoms with Crippen molar-refractivity contribution >= 4 is 50.6 Å². The maximum Gasteiger partial charge on any atom is 0.298 e. The molecule has 0 atom stereocenters. The third-order valence-corrected chi connectivity index (χ3v) is 4.51. The highest BCUT2D eigenvalue weighted by molar-refractivity contribution is 9.12. The molecule has 5 heteroatoms. The summed E-state index contributed by atoms with van der Waals surface area (Å²) in [6.07, 6.45) is 3.58. The largest absolute Gasteiger partial charge is 0.298 e. The van der Waals surface area contributed by atoms with Gasteiger partial charge in [0.15, 0.2) is 0 Å². The Bertz CT molecular complexity index is 800. The summed E-state index contributed by atoms with van der Waals surface area (Å²) in [7, 11) is 0. The van der Waals surface area contributed by atoms with E-state index in [9.17, 15) is 9.59 Å². The van der Waals surface area contributed by atoms with Crippen molar-refractivity contribution in [2.45, 2.75) is 0 Å². The third-order valence-electron chi connectivity index (χ3n) is 3.18. The van der Waals surface area contributed by atoms with Crippen molar-refractivity contribution in [3.63, 3.8) is 0 Å². The summed E-state index contributed by atoms with van der Waals surface area (Å²) in [5.41, 5.74) is 1.60. The highest BCUT2D eigenvalue weighted by Gasteiger charge is 2.36. The topological polar surface area (TPSA) is 37.4 Å². The van der Waals surface area contributed by atoms with Crippen LogP contribution < -0.4 is 4.90 Å². The number of para-hydroxylation sites is 1. The summed E-state index contributed by atoms with van der Waals surface area (Å²) in [5.74, 6) is -0.301. The van der Waals surface area contributed by atoms with Crippen molar-refractivity contribution in [3.8, 4) is 0 Å². The van der Waals surface area contributed by atoms with E-state index in [1.54, 1.807) is 30.3 Å². The summed E-state index contributed by atoms with van der Waals surface area (Å²) < 4.78 is 0.738. The molecule has 0 radical (unpaired) electrons. The molecule has 3 rings (SSSR count). The maximum atomic E-state index is 12.5. The van der Waals surface area contributed by atoms with Crippen LogP contribution in [0, 0.1) is 0 Å². The van der Waals surface area contributed by atoms with Gasteiger partial charge in [-0.05, 0) is 41.6 Å². The Morgan fingerprint density at radius 2 is 1.57 bits per heavy atom. The fraction of sp³-hybridized carbons (Fsp3) is 0. The SMILES string of the molecule is O=C1S/C(=C/C(Br)=C\c2ccccc2)C(=O)N1c1ccccc1. The highest BCUT2D eigenvalue weighted by atomic mass is 79.9. The molecule has 0 aromatic heterocycles. The van der Waals surface area contributed by atoms with Crippen LogP contribution >= 0.6 is 27.7 Å². The van der Waals surface area contributed by atoms with Gasteiger partial charge in [-0.1, -0.05) is 64.5 Å². The van der Waals surface area contributed by atoms with Crippen molar-refractivity contribution in [1.29, 1.82) is 0 Å². The van der Waals surface area contributed by atoms with Crippen LogP contribution in [-0.2, 0) is 4.79 Å². The molecule has 114 valence electrons. The van der Waals surface area contributed by atoms with Gasteiger partial charge in [0.2, 0.25) is 0 Å². The Hall–Kier alpha value is -2.11. The van der Waals surface area contributed by atoms with Gasteiger partial charge in [-0.2, -0.15) is 0 Å². The van der Waals surface area contributed by atoms with Gasteiger partial charge in [0.05, 0.1) is 10.6 Å². The van der Waals surface area contributed by atoms with Crippen LogP contribution in [0.2, 0.25) is 0 Å². The number of carbonyl (C=O) groups excluding carboxylic acids is 2. The lowest BCUT2D eigenvalue weighted by Gasteiger charge is -2.11. The van der Waals surface area contributed by atoms with Crippen molar-refractivity contribution < 1.29 is 9.59 Å². The van der Waals surface area contributed by atoms with Crippen LogP contribution in [0.5, 0.6) is 0 Å². The Morgan fingerprint density at radius 1 is 0.957 bits per heavy atom. The van der Waals surface area contributed by atoms with Gasteiger partial charge in [0.25, 0.3) is 11.1 Å². The van der Waals surface area contributed by atoms with Crippen molar-refractivity contribution in [2.24, 2.45) is 0 Å². The van der Waals surface area contributed by atoms with E-state index in [1.807, 2.05) is 42.5 Å². The number of rotatable bonds is 3. The monoisotopic (exact) mass is 385 g/mol. The number of thioether (sulfide) groups is 1. The molecule has 23 heavy (non-hydrogen) atoms. The predicted octanol–water partition coefficient (Wildman–Crippen LogP) is 5.21. The first-order valence-corrected chi connectivity index (χ1v) is 8.51. The van der Waals surface area contributed by atoms with Crippen LogP contribution in [0.1, 0.15) is 5.56 Å². The third kappa shape index (κ3) is 3.63. The first-order chi connectivity index (χ1) is 11.1. The van der Waals surface area contributed by atoms with Gasteiger partial charge in [-0.25, -0.2) is 4.90 Å². The highest BCUT2D eigenvalue weighted by Crippen LogP contribution is 2.35. The predicted molar refractivity (Wildman–Crippen MR) is 98.3 cm³/mol. The number of anilines is 1. The molecule has 0 saturated carbocycles. The van der Waals surface area contributed by atoms with Crippen LogP contribution in [-0.4, -0.2) is 11.1 Å². The zero-order valence-corrected chi connectivity index (χ0v) is 14.4. The van der Waals surface area contributed by atoms with Gasteiger partial charge in [-0.3, -0.25) is 9.59 Å². The Balaban J connectivity index is 1.86. The molecule has 1 aliphatic heterocycles. The number of imide groups is 1. The molecule has 1 aliphatic rings. The van der Waals surface area contributed by atoms with Crippen LogP contribution in [0.3, 0.4) is 0 Å². The first kappa shape index (κ1) is 15.8. The minimum absolute atomic E-state index is 0.285. The average molecular weight is 386 g/mol. The van der Waals surface area contributed by atoms with E-state index in [0.717, 1.165) is 21.8 Å². The van der Waals surface area contributed by atoms with Crippen molar-refractivity contribution in [1.82, 2.24) is 0 Å². The van der Waals surface area contributed by atoms with Gasteiger partial charge >= 0.3 is 0 Å². The van der Waals surface area contributed by atoms with Crippen LogP contribution in [0.4, 0.5) is 10.5 Å². The van der Waals surface area contributed by atoms with E-state index in [0.29, 0.717) is 10.6 Å². The van der Waals surface area contributed by atoms with Crippen LogP contribution in [0.15, 0.2) is 76.1 Å². The van der Waals surface area contributed by atoms with E-state index >= 15 is 0 Å². The lowest BCUT2D eigenvalue weighted by atomic mass is 10.2. The smallest absolute Gasteiger partial charge is 0.268 e. The Labute approximate surface area is 146 Å². The number of hydrogen-bond donors (Lipinski definition) is 0. The van der Waals surface area contributed by atoms with Crippen molar-refractivity contribution in [2.75, 3.05) is 4.90 Å². The van der Waals surface area contributed by atoms with Crippen molar-refractivity contribution in [3.05, 3.63) is 81.7 Å². The summed E-state index contributed by atoms with van der Waals surface area (Å²) in [6.45, 7) is 0. The van der Waals surface area contributed by atoms with Gasteiger partial charge in [-0.15, -0.1) is 0 Å². The van der Waals surface area contributed by atoms with E-state index in [1.165, 1.54) is 4.90 Å². The van der Waals surface area contributed by atoms with E-state index < -0.39 is 0 Å². The zero-order chi connectivity index (χ0) is 16.2. The normalized spacial score (nSPS) is 17.2. The molecule has 0 unspecified atom stereocenters. The molecule has 0 N–H and O–H groups in total. The summed E-state index contributed by atoms with van der Waals surface area (Å²) >= 11 is 4.38. The lowest BCUT2D eigenvalue weighted by Crippen LogP contribution is -2.27. The number of amides is 2. The molecule has 2 amide bonds. The van der Waals surface area contributed by atoms with E-state index in [2.05, 4.69) is 15.9 Å². The number of halogens is 1. The first-order valence-electron chi connectivity index (χ1n) is 6.90.